The third-order valence-electron chi connectivity index (χ3n) is 5.59. The lowest BCUT2D eigenvalue weighted by Crippen LogP contribution is -2.17. The number of aromatic nitrogens is 3. The van der Waals surface area contributed by atoms with E-state index in [1.54, 1.807) is 31.5 Å². The van der Waals surface area contributed by atoms with Gasteiger partial charge in [0.2, 0.25) is 5.95 Å². The number of halogens is 3. The highest BCUT2D eigenvalue weighted by molar-refractivity contribution is 7.70. The molecule has 1 aromatic carbocycles. The smallest absolute Gasteiger partial charge is 0.418 e. The molecule has 0 spiro atoms. The number of hydrogen-bond donors (Lipinski definition) is 3. The fourth-order valence-corrected chi connectivity index (χ4v) is 4.78. The molecule has 0 unspecified atom stereocenters. The first kappa shape index (κ1) is 22.5. The largest absolute Gasteiger partial charge is 0.495 e. The Balaban J connectivity index is 1.76. The maximum atomic E-state index is 13.6. The van der Waals surface area contributed by atoms with E-state index in [1.807, 2.05) is 0 Å². The van der Waals surface area contributed by atoms with Gasteiger partial charge in [0.15, 0.2) is 0 Å². The molecule has 3 N–H and O–H groups in total. The molecule has 0 saturated heterocycles. The van der Waals surface area contributed by atoms with E-state index < -0.39 is 18.9 Å². The number of hydrogen-bond acceptors (Lipinski definition) is 6. The Bertz CT molecular complexity index is 1180. The fourth-order valence-electron chi connectivity index (χ4n) is 3.92. The summed E-state index contributed by atoms with van der Waals surface area (Å²) in [6.07, 6.45) is 0.193. The zero-order valence-electron chi connectivity index (χ0n) is 18.0. The van der Waals surface area contributed by atoms with Crippen molar-refractivity contribution in [1.29, 1.82) is 0 Å². The summed E-state index contributed by atoms with van der Waals surface area (Å²) in [7, 11) is -1.01. The van der Waals surface area contributed by atoms with Crippen LogP contribution in [-0.2, 0) is 10.7 Å². The fraction of sp³-hybridized carbons (Fsp3) is 0.429. The van der Waals surface area contributed by atoms with Crippen molar-refractivity contribution in [1.82, 2.24) is 15.0 Å². The molecule has 11 heteroatoms. The van der Waals surface area contributed by atoms with Gasteiger partial charge in [0.25, 0.3) is 0 Å². The van der Waals surface area contributed by atoms with Crippen LogP contribution in [0.2, 0.25) is 0 Å². The lowest BCUT2D eigenvalue weighted by Gasteiger charge is -2.17. The van der Waals surface area contributed by atoms with Gasteiger partial charge in [0, 0.05) is 17.5 Å². The van der Waals surface area contributed by atoms with Gasteiger partial charge in [-0.25, -0.2) is 0 Å². The second-order valence-electron chi connectivity index (χ2n) is 8.31. The van der Waals surface area contributed by atoms with Crippen LogP contribution in [0.25, 0.3) is 11.0 Å². The van der Waals surface area contributed by atoms with Crippen LogP contribution in [0.4, 0.5) is 30.6 Å². The zero-order chi connectivity index (χ0) is 23.1. The third-order valence-corrected chi connectivity index (χ3v) is 7.11. The summed E-state index contributed by atoms with van der Waals surface area (Å²) in [6.45, 7) is 3.33. The van der Waals surface area contributed by atoms with Crippen LogP contribution < -0.4 is 20.7 Å². The molecular weight excluding hydrogens is 442 g/mol. The average molecular weight is 467 g/mol. The average Bonchev–Trinajstić information content (AvgIpc) is 3.37. The van der Waals surface area contributed by atoms with E-state index >= 15 is 0 Å². The van der Waals surface area contributed by atoms with Crippen LogP contribution in [0, 0.1) is 0 Å². The van der Waals surface area contributed by atoms with Crippen LogP contribution in [0.15, 0.2) is 24.4 Å². The number of benzene rings is 1. The Morgan fingerprint density at radius 1 is 1.19 bits per heavy atom. The molecule has 1 saturated carbocycles. The van der Waals surface area contributed by atoms with E-state index in [0.29, 0.717) is 16.7 Å². The standard InChI is InChI=1S/C21H25F3N5O2P/c1-31-16-10-13(32(2,3)30)8-9-15(16)27-20-28-18-17(14(11-25-18)21(22,23)24)19(29-20)26-12-6-4-5-7-12/h8-12H,4-7H2,1-3H3,(H3,25,26,27,28,29). The van der Waals surface area contributed by atoms with Crippen molar-refractivity contribution >= 4 is 40.9 Å². The first-order chi connectivity index (χ1) is 15.1. The van der Waals surface area contributed by atoms with Crippen LogP contribution in [0.5, 0.6) is 5.75 Å². The van der Waals surface area contributed by atoms with Gasteiger partial charge < -0.3 is 24.9 Å². The number of rotatable bonds is 6. The number of anilines is 3. The quantitative estimate of drug-likeness (QED) is 0.425. The first-order valence-corrected chi connectivity index (χ1v) is 12.9. The Labute approximate surface area is 183 Å². The highest BCUT2D eigenvalue weighted by Crippen LogP contribution is 2.40. The van der Waals surface area contributed by atoms with Crippen LogP contribution in [-0.4, -0.2) is 41.4 Å². The second-order valence-corrected chi connectivity index (χ2v) is 11.5. The summed E-state index contributed by atoms with van der Waals surface area (Å²) in [5.74, 6) is 0.693. The van der Waals surface area contributed by atoms with E-state index in [2.05, 4.69) is 25.6 Å². The number of nitrogens with zero attached hydrogens (tertiary/aromatic N) is 2. The van der Waals surface area contributed by atoms with Crippen molar-refractivity contribution in [2.24, 2.45) is 0 Å². The zero-order valence-corrected chi connectivity index (χ0v) is 18.9. The molecule has 1 fully saturated rings. The Morgan fingerprint density at radius 3 is 2.53 bits per heavy atom. The minimum absolute atomic E-state index is 0.0639. The van der Waals surface area contributed by atoms with Crippen molar-refractivity contribution in [3.05, 3.63) is 30.0 Å². The summed E-state index contributed by atoms with van der Waals surface area (Å²) >= 11 is 0. The van der Waals surface area contributed by atoms with Gasteiger partial charge in [-0.15, -0.1) is 0 Å². The third kappa shape index (κ3) is 4.55. The monoisotopic (exact) mass is 467 g/mol. The number of fused-ring (bicyclic) bond motifs is 1. The Morgan fingerprint density at radius 2 is 1.91 bits per heavy atom. The van der Waals surface area contributed by atoms with Crippen molar-refractivity contribution < 1.29 is 22.5 Å². The maximum Gasteiger partial charge on any atom is 0.418 e. The second kappa shape index (κ2) is 8.31. The van der Waals surface area contributed by atoms with Crippen LogP contribution >= 0.6 is 7.14 Å². The molecule has 32 heavy (non-hydrogen) atoms. The molecule has 3 aromatic rings. The molecule has 4 rings (SSSR count). The molecule has 1 aliphatic rings. The summed E-state index contributed by atoms with van der Waals surface area (Å²) in [4.78, 5) is 11.3. The van der Waals surface area contributed by atoms with Gasteiger partial charge in [0.05, 0.1) is 23.7 Å². The normalized spacial score (nSPS) is 15.3. The Kier molecular flexibility index (Phi) is 5.83. The molecule has 0 atom stereocenters. The highest BCUT2D eigenvalue weighted by atomic mass is 31.2. The summed E-state index contributed by atoms with van der Waals surface area (Å²) in [6, 6.07) is 5.16. The minimum Gasteiger partial charge on any atom is -0.495 e. The number of ether oxygens (including phenoxy) is 1. The van der Waals surface area contributed by atoms with E-state index in [-0.39, 0.29) is 28.8 Å². The van der Waals surface area contributed by atoms with Crippen molar-refractivity contribution in [3.63, 3.8) is 0 Å². The lowest BCUT2D eigenvalue weighted by molar-refractivity contribution is -0.136. The summed E-state index contributed by atoms with van der Waals surface area (Å²) < 4.78 is 58.5. The van der Waals surface area contributed by atoms with Crippen molar-refractivity contribution in [3.8, 4) is 5.75 Å². The van der Waals surface area contributed by atoms with Gasteiger partial charge in [0.1, 0.15) is 24.4 Å². The SMILES string of the molecule is COc1cc(P(C)(C)=O)ccc1Nc1nc(NC2CCCC2)c2c(C(F)(F)F)c[nH]c2n1. The molecule has 0 amide bonds. The number of H-pyrrole nitrogens is 1. The molecular formula is C21H25F3N5O2P. The topological polar surface area (TPSA) is 91.9 Å². The minimum atomic E-state index is -4.53. The molecule has 0 radical (unpaired) electrons. The number of methoxy groups -OCH3 is 1. The van der Waals surface area contributed by atoms with E-state index in [9.17, 15) is 17.7 Å². The molecule has 2 aromatic heterocycles. The molecule has 1 aliphatic carbocycles. The van der Waals surface area contributed by atoms with Gasteiger partial charge in [-0.2, -0.15) is 23.1 Å². The molecule has 0 aliphatic heterocycles. The number of nitrogens with one attached hydrogen (secondary N) is 3. The van der Waals surface area contributed by atoms with E-state index in [1.165, 1.54) is 7.11 Å². The molecule has 172 valence electrons. The van der Waals surface area contributed by atoms with Gasteiger partial charge in [-0.1, -0.05) is 12.8 Å². The van der Waals surface area contributed by atoms with Gasteiger partial charge in [-0.05, 0) is 44.4 Å². The van der Waals surface area contributed by atoms with E-state index in [4.69, 9.17) is 4.74 Å². The number of alkyl halides is 3. The summed E-state index contributed by atoms with van der Waals surface area (Å²) in [5, 5.41) is 6.79. The van der Waals surface area contributed by atoms with Gasteiger partial charge in [-0.3, -0.25) is 0 Å². The highest BCUT2D eigenvalue weighted by Gasteiger charge is 2.36. The van der Waals surface area contributed by atoms with Crippen molar-refractivity contribution in [2.75, 3.05) is 31.1 Å². The van der Waals surface area contributed by atoms with Crippen molar-refractivity contribution in [2.45, 2.75) is 37.9 Å². The molecule has 0 bridgehead atoms. The lowest BCUT2D eigenvalue weighted by atomic mass is 10.2. The van der Waals surface area contributed by atoms with Crippen LogP contribution in [0.1, 0.15) is 31.2 Å². The predicted molar refractivity (Wildman–Crippen MR) is 120 cm³/mol. The van der Waals surface area contributed by atoms with Gasteiger partial charge >= 0.3 is 6.18 Å². The number of aromatic amines is 1. The molecule has 2 heterocycles. The Hall–Kier alpha value is -2.74. The maximum absolute atomic E-state index is 13.6. The predicted octanol–water partition coefficient (Wildman–Crippen LogP) is 5.33. The van der Waals surface area contributed by atoms with Crippen LogP contribution in [0.3, 0.4) is 0 Å². The summed E-state index contributed by atoms with van der Waals surface area (Å²) in [5.41, 5.74) is -0.209. The molecule has 7 nitrogen and oxygen atoms in total. The first-order valence-electron chi connectivity index (χ1n) is 10.3. The van der Waals surface area contributed by atoms with E-state index in [0.717, 1.165) is 31.9 Å².